The van der Waals surface area contributed by atoms with E-state index in [2.05, 4.69) is 37.9 Å². The van der Waals surface area contributed by atoms with E-state index in [1.165, 1.54) is 32.5 Å². The Kier molecular flexibility index (Phi) is 4.90. The van der Waals surface area contributed by atoms with Crippen LogP contribution in [0.1, 0.15) is 40.5 Å². The molecule has 1 fully saturated rings. The van der Waals surface area contributed by atoms with Crippen LogP contribution in [0.5, 0.6) is 0 Å². The zero-order chi connectivity index (χ0) is 10.6. The molecule has 84 valence electrons. The number of nitrogens with zero attached hydrogens (tertiary/aromatic N) is 1. The van der Waals surface area contributed by atoms with Crippen molar-refractivity contribution in [3.63, 3.8) is 0 Å². The lowest BCUT2D eigenvalue weighted by atomic mass is 10.0. The Labute approximate surface area is 89.1 Å². The van der Waals surface area contributed by atoms with Gasteiger partial charge in [-0.1, -0.05) is 6.92 Å². The molecule has 1 aliphatic heterocycles. The lowest BCUT2D eigenvalue weighted by Gasteiger charge is -2.30. The van der Waals surface area contributed by atoms with Crippen molar-refractivity contribution in [3.8, 4) is 0 Å². The van der Waals surface area contributed by atoms with Crippen LogP contribution in [0.3, 0.4) is 0 Å². The van der Waals surface area contributed by atoms with Gasteiger partial charge in [-0.05, 0) is 52.6 Å². The SMILES string of the molecule is CCCN(CC1CCNC1C)C(C)C. The van der Waals surface area contributed by atoms with Crippen molar-refractivity contribution in [3.05, 3.63) is 0 Å². The fraction of sp³-hybridized carbons (Fsp3) is 1.00. The molecule has 0 aromatic rings. The lowest BCUT2D eigenvalue weighted by molar-refractivity contribution is 0.182. The van der Waals surface area contributed by atoms with Crippen molar-refractivity contribution in [2.45, 2.75) is 52.6 Å². The Morgan fingerprint density at radius 3 is 2.57 bits per heavy atom. The fourth-order valence-electron chi connectivity index (χ4n) is 2.31. The monoisotopic (exact) mass is 198 g/mol. The van der Waals surface area contributed by atoms with E-state index in [-0.39, 0.29) is 0 Å². The summed E-state index contributed by atoms with van der Waals surface area (Å²) >= 11 is 0. The first-order valence-corrected chi connectivity index (χ1v) is 6.12. The third kappa shape index (κ3) is 3.25. The molecule has 0 bridgehead atoms. The first kappa shape index (κ1) is 12.0. The van der Waals surface area contributed by atoms with Gasteiger partial charge in [0.2, 0.25) is 0 Å². The molecule has 0 spiro atoms. The molecule has 0 aromatic heterocycles. The maximum absolute atomic E-state index is 3.53. The van der Waals surface area contributed by atoms with Gasteiger partial charge in [0.25, 0.3) is 0 Å². The van der Waals surface area contributed by atoms with Gasteiger partial charge in [0.1, 0.15) is 0 Å². The van der Waals surface area contributed by atoms with Crippen LogP contribution in [0.2, 0.25) is 0 Å². The average Bonchev–Trinajstić information content (AvgIpc) is 2.51. The van der Waals surface area contributed by atoms with Crippen molar-refractivity contribution in [1.82, 2.24) is 10.2 Å². The third-order valence-electron chi connectivity index (χ3n) is 3.40. The van der Waals surface area contributed by atoms with E-state index in [0.29, 0.717) is 12.1 Å². The zero-order valence-corrected chi connectivity index (χ0v) is 10.2. The highest BCUT2D eigenvalue weighted by Crippen LogP contribution is 2.17. The van der Waals surface area contributed by atoms with Gasteiger partial charge in [0, 0.05) is 18.6 Å². The molecule has 0 saturated carbocycles. The third-order valence-corrected chi connectivity index (χ3v) is 3.40. The minimum absolute atomic E-state index is 0.697. The van der Waals surface area contributed by atoms with Crippen LogP contribution in [-0.4, -0.2) is 36.6 Å². The van der Waals surface area contributed by atoms with E-state index in [4.69, 9.17) is 0 Å². The van der Waals surface area contributed by atoms with Crippen molar-refractivity contribution in [1.29, 1.82) is 0 Å². The minimum atomic E-state index is 0.697. The average molecular weight is 198 g/mol. The first-order valence-electron chi connectivity index (χ1n) is 6.12. The molecule has 0 aromatic carbocycles. The summed E-state index contributed by atoms with van der Waals surface area (Å²) in [5.41, 5.74) is 0. The van der Waals surface area contributed by atoms with Crippen LogP contribution in [0.4, 0.5) is 0 Å². The summed E-state index contributed by atoms with van der Waals surface area (Å²) in [5.74, 6) is 0.865. The Morgan fingerprint density at radius 2 is 2.14 bits per heavy atom. The van der Waals surface area contributed by atoms with Gasteiger partial charge in [-0.3, -0.25) is 0 Å². The number of hydrogen-bond acceptors (Lipinski definition) is 2. The second-order valence-corrected chi connectivity index (χ2v) is 4.88. The van der Waals surface area contributed by atoms with Gasteiger partial charge < -0.3 is 10.2 Å². The summed E-state index contributed by atoms with van der Waals surface area (Å²) in [7, 11) is 0. The van der Waals surface area contributed by atoms with E-state index in [1.807, 2.05) is 0 Å². The largest absolute Gasteiger partial charge is 0.314 e. The van der Waals surface area contributed by atoms with Gasteiger partial charge in [0.05, 0.1) is 0 Å². The van der Waals surface area contributed by atoms with E-state index in [9.17, 15) is 0 Å². The molecule has 0 amide bonds. The van der Waals surface area contributed by atoms with Crippen molar-refractivity contribution >= 4 is 0 Å². The van der Waals surface area contributed by atoms with Crippen molar-refractivity contribution in [2.24, 2.45) is 5.92 Å². The standard InChI is InChI=1S/C12H26N2/c1-5-8-14(10(2)3)9-12-6-7-13-11(12)4/h10-13H,5-9H2,1-4H3. The van der Waals surface area contributed by atoms with Crippen LogP contribution in [0, 0.1) is 5.92 Å². The summed E-state index contributed by atoms with van der Waals surface area (Å²) in [6.07, 6.45) is 2.63. The molecule has 2 heteroatoms. The summed E-state index contributed by atoms with van der Waals surface area (Å²) in [5, 5.41) is 3.53. The molecule has 2 atom stereocenters. The highest BCUT2D eigenvalue weighted by molar-refractivity contribution is 4.83. The van der Waals surface area contributed by atoms with E-state index in [1.54, 1.807) is 0 Å². The zero-order valence-electron chi connectivity index (χ0n) is 10.2. The molecule has 0 aliphatic carbocycles. The van der Waals surface area contributed by atoms with Crippen LogP contribution in [0.25, 0.3) is 0 Å². The smallest absolute Gasteiger partial charge is 0.00796 e. The molecule has 1 heterocycles. The maximum Gasteiger partial charge on any atom is 0.00796 e. The minimum Gasteiger partial charge on any atom is -0.314 e. The number of hydrogen-bond donors (Lipinski definition) is 1. The van der Waals surface area contributed by atoms with Crippen LogP contribution < -0.4 is 5.32 Å². The summed E-state index contributed by atoms with van der Waals surface area (Å²) in [6, 6.07) is 1.41. The molecule has 0 radical (unpaired) electrons. The Balaban J connectivity index is 2.37. The van der Waals surface area contributed by atoms with Crippen LogP contribution >= 0.6 is 0 Å². The number of nitrogens with one attached hydrogen (secondary N) is 1. The van der Waals surface area contributed by atoms with Crippen LogP contribution in [-0.2, 0) is 0 Å². The highest BCUT2D eigenvalue weighted by Gasteiger charge is 2.25. The Morgan fingerprint density at radius 1 is 1.43 bits per heavy atom. The molecule has 14 heavy (non-hydrogen) atoms. The molecule has 1 saturated heterocycles. The van der Waals surface area contributed by atoms with E-state index in [0.717, 1.165) is 5.92 Å². The molecular formula is C12H26N2. The van der Waals surface area contributed by atoms with Gasteiger partial charge >= 0.3 is 0 Å². The molecule has 2 nitrogen and oxygen atoms in total. The molecule has 1 rings (SSSR count). The van der Waals surface area contributed by atoms with E-state index >= 15 is 0 Å². The maximum atomic E-state index is 3.53. The second-order valence-electron chi connectivity index (χ2n) is 4.88. The summed E-state index contributed by atoms with van der Waals surface area (Å²) < 4.78 is 0. The summed E-state index contributed by atoms with van der Waals surface area (Å²) in [4.78, 5) is 2.62. The van der Waals surface area contributed by atoms with Gasteiger partial charge in [0.15, 0.2) is 0 Å². The lowest BCUT2D eigenvalue weighted by Crippen LogP contribution is -2.39. The Hall–Kier alpha value is -0.0800. The topological polar surface area (TPSA) is 15.3 Å². The predicted molar refractivity (Wildman–Crippen MR) is 62.6 cm³/mol. The van der Waals surface area contributed by atoms with Crippen molar-refractivity contribution in [2.75, 3.05) is 19.6 Å². The van der Waals surface area contributed by atoms with Crippen LogP contribution in [0.15, 0.2) is 0 Å². The second kappa shape index (κ2) is 5.72. The molecule has 1 aliphatic rings. The Bertz CT molecular complexity index is 156. The molecule has 1 N–H and O–H groups in total. The first-order chi connectivity index (χ1) is 6.65. The quantitative estimate of drug-likeness (QED) is 0.728. The van der Waals surface area contributed by atoms with Gasteiger partial charge in [-0.25, -0.2) is 0 Å². The fourth-order valence-corrected chi connectivity index (χ4v) is 2.31. The molecular weight excluding hydrogens is 172 g/mol. The highest BCUT2D eigenvalue weighted by atomic mass is 15.2. The summed E-state index contributed by atoms with van der Waals surface area (Å²) in [6.45, 7) is 12.9. The van der Waals surface area contributed by atoms with Crippen molar-refractivity contribution < 1.29 is 0 Å². The number of rotatable bonds is 5. The molecule has 2 unspecified atom stereocenters. The van der Waals surface area contributed by atoms with E-state index < -0.39 is 0 Å². The normalized spacial score (nSPS) is 27.9. The van der Waals surface area contributed by atoms with Gasteiger partial charge in [-0.15, -0.1) is 0 Å². The predicted octanol–water partition coefficient (Wildman–Crippen LogP) is 2.10. The van der Waals surface area contributed by atoms with Gasteiger partial charge in [-0.2, -0.15) is 0 Å².